The average molecular weight is 1440 g/mol. The number of amides is 7. The summed E-state index contributed by atoms with van der Waals surface area (Å²) >= 11 is 0. The first kappa shape index (κ1) is 89.1. The van der Waals surface area contributed by atoms with E-state index in [2.05, 4.69) is 26.6 Å². The van der Waals surface area contributed by atoms with Crippen LogP contribution in [-0.4, -0.2) is 278 Å². The molecule has 3 fully saturated rings. The molecule has 3 rings (SSSR count). The molecule has 0 aromatic rings. The fourth-order valence-corrected chi connectivity index (χ4v) is 13.7. The Kier molecular flexibility index (Phi) is 45.3. The highest BCUT2D eigenvalue weighted by Gasteiger charge is 2.47. The van der Waals surface area contributed by atoms with Gasteiger partial charge in [0.15, 0.2) is 6.10 Å². The Bertz CT molecular complexity index is 2350. The van der Waals surface area contributed by atoms with Gasteiger partial charge in [0.2, 0.25) is 35.4 Å². The molecule has 0 heterocycles. The summed E-state index contributed by atoms with van der Waals surface area (Å²) in [7, 11) is -4.02. The molecule has 30 nitrogen and oxygen atoms in total. The van der Waals surface area contributed by atoms with Gasteiger partial charge in [-0.05, 0) is 83.5 Å². The van der Waals surface area contributed by atoms with Crippen LogP contribution in [0, 0.1) is 17.8 Å². The first-order chi connectivity index (χ1) is 47.2. The summed E-state index contributed by atoms with van der Waals surface area (Å²) in [6.45, 7) is 5.97. The van der Waals surface area contributed by atoms with Crippen LogP contribution in [0.5, 0.6) is 0 Å². The minimum absolute atomic E-state index is 0.0582. The Morgan fingerprint density at radius 1 is 0.434 bits per heavy atom. The fraction of sp³-hybridized carbons (Fsp3) is 0.897. The predicted octanol–water partition coefficient (Wildman–Crippen LogP) is 0.693. The number of ether oxygens (including phenoxy) is 3. The van der Waals surface area contributed by atoms with Gasteiger partial charge in [-0.2, -0.15) is 0 Å². The van der Waals surface area contributed by atoms with E-state index in [0.717, 1.165) is 96.6 Å². The van der Waals surface area contributed by atoms with Gasteiger partial charge in [-0.3, -0.25) is 38.1 Å². The Balaban J connectivity index is 1.46. The van der Waals surface area contributed by atoms with Crippen LogP contribution >= 0.6 is 7.60 Å². The van der Waals surface area contributed by atoms with Crippen molar-refractivity contribution in [1.29, 1.82) is 0 Å². The number of carbonyl (C=O) groups excluding carboxylic acids is 7. The molecule has 3 aliphatic rings. The Labute approximate surface area is 585 Å². The normalized spacial score (nSPS) is 26.4. The van der Waals surface area contributed by atoms with E-state index in [9.17, 15) is 94.1 Å². The average Bonchev–Trinajstić information content (AvgIpc) is 0.825. The van der Waals surface area contributed by atoms with Gasteiger partial charge in [-0.1, -0.05) is 77.0 Å². The van der Waals surface area contributed by atoms with Gasteiger partial charge in [0.25, 0.3) is 5.91 Å². The van der Waals surface area contributed by atoms with Crippen molar-refractivity contribution in [3.05, 3.63) is 0 Å². The summed E-state index contributed by atoms with van der Waals surface area (Å²) in [5.74, 6) is -3.83. The third-order valence-electron chi connectivity index (χ3n) is 19.0. The number of nitrogens with one attached hydrogen (secondary N) is 5. The Morgan fingerprint density at radius 3 is 1.07 bits per heavy atom. The molecule has 0 aliphatic heterocycles. The second-order valence-corrected chi connectivity index (χ2v) is 29.3. The molecule has 0 bridgehead atoms. The van der Waals surface area contributed by atoms with Gasteiger partial charge in [0, 0.05) is 143 Å². The zero-order valence-electron chi connectivity index (χ0n) is 59.4. The predicted molar refractivity (Wildman–Crippen MR) is 366 cm³/mol. The molecule has 8 unspecified atom stereocenters. The molecule has 99 heavy (non-hydrogen) atoms. The Hall–Kier alpha value is -4.08. The molecule has 0 spiro atoms. The van der Waals surface area contributed by atoms with Crippen LogP contribution in [0.4, 0.5) is 0 Å². The van der Waals surface area contributed by atoms with E-state index in [1.807, 2.05) is 0 Å². The monoisotopic (exact) mass is 1440 g/mol. The first-order valence-electron chi connectivity index (χ1n) is 36.5. The van der Waals surface area contributed by atoms with E-state index in [0.29, 0.717) is 117 Å². The van der Waals surface area contributed by atoms with Crippen molar-refractivity contribution >= 4 is 48.9 Å². The lowest BCUT2D eigenvalue weighted by atomic mass is 9.79. The lowest BCUT2D eigenvalue weighted by Gasteiger charge is -2.42. The maximum absolute atomic E-state index is 13.9. The minimum atomic E-state index is -4.02. The highest BCUT2D eigenvalue weighted by molar-refractivity contribution is 7.51. The van der Waals surface area contributed by atoms with Gasteiger partial charge in [-0.15, -0.1) is 0 Å². The molecule has 576 valence electrons. The zero-order chi connectivity index (χ0) is 73.3. The van der Waals surface area contributed by atoms with Crippen molar-refractivity contribution in [2.24, 2.45) is 17.8 Å². The molecule has 16 N–H and O–H groups in total. The smallest absolute Gasteiger partial charge is 0.325 e. The number of unbranched alkanes of at least 4 members (excludes halogenated alkanes) is 16. The SMILES string of the molecule is CC(=O)N[C@H]1C(O)[C@@H](O)C(CO)C[C@H]1OCCCCCCCCC(=O)NCCCN(CCCCN(CCCNC(=O)CCCCCCCCO[C@@H]1CC(CO)[C@H](O)C(O)[C@@H]1NC(C)=O)C(=O)C(O)COP(C)(=O)O)C(=O)CCCCCCCCO[C@@H]1CC(CO)[C@H](O)C(O)[C@@H]1NC(C)=O. The maximum Gasteiger partial charge on any atom is 0.325 e. The minimum Gasteiger partial charge on any atom is -0.396 e. The molecule has 0 aromatic carbocycles. The fourth-order valence-electron chi connectivity index (χ4n) is 13.3. The standard InChI is InChI=1S/C68H126N7O23P/c1-46(79)71-59-53(39-49(42-76)62(86)65(59)89)95-36-22-14-8-5-11-17-27-56(83)69-30-25-34-74(58(85)29-19-13-7-10-16-24-38-97-55-41-51(44-78)64(88)67(91)61(55)73-48(3)81)32-20-21-33-75(68(92)52(82)45-98-99(4,93)94)35-26-31-70-57(84)28-18-12-6-9-15-23-37-96-54-40-50(43-77)63(87)66(90)60(54)72-47(2)80/h49-55,59-67,76-78,82,86-91H,5-45H2,1-4H3,(H,69,83)(H,70,84)(H,71,79)(H,72,80)(H,73,81)(H,93,94)/t49?,50?,51?,52?,53-,54-,55-,59-,60-,61-,62+,63+,64+,65?,66?,67?/m1/s1. The van der Waals surface area contributed by atoms with E-state index >= 15 is 0 Å². The van der Waals surface area contributed by atoms with Crippen molar-refractivity contribution in [3.8, 4) is 0 Å². The summed E-state index contributed by atoms with van der Waals surface area (Å²) in [5, 5.41) is 117. The van der Waals surface area contributed by atoms with Crippen molar-refractivity contribution in [1.82, 2.24) is 36.4 Å². The highest BCUT2D eigenvalue weighted by Crippen LogP contribution is 2.37. The third kappa shape index (κ3) is 35.8. The third-order valence-corrected chi connectivity index (χ3v) is 19.6. The van der Waals surface area contributed by atoms with Gasteiger partial charge in [0.05, 0.1) is 61.4 Å². The van der Waals surface area contributed by atoms with Crippen LogP contribution in [-0.2, 0) is 56.9 Å². The summed E-state index contributed by atoms with van der Waals surface area (Å²) in [5.41, 5.74) is 0. The second kappa shape index (κ2) is 50.3. The molecule has 0 aromatic heterocycles. The summed E-state index contributed by atoms with van der Waals surface area (Å²) in [4.78, 5) is 101. The molecule has 0 saturated heterocycles. The lowest BCUT2D eigenvalue weighted by Crippen LogP contribution is -2.61. The number of aliphatic hydroxyl groups is 10. The van der Waals surface area contributed by atoms with Gasteiger partial charge >= 0.3 is 7.60 Å². The molecular weight excluding hydrogens is 1310 g/mol. The van der Waals surface area contributed by atoms with Crippen molar-refractivity contribution in [2.75, 3.05) is 92.2 Å². The summed E-state index contributed by atoms with van der Waals surface area (Å²) < 4.78 is 34.8. The van der Waals surface area contributed by atoms with Gasteiger partial charge < -0.3 is 111 Å². The van der Waals surface area contributed by atoms with Crippen LogP contribution in [0.3, 0.4) is 0 Å². The second-order valence-electron chi connectivity index (χ2n) is 27.4. The summed E-state index contributed by atoms with van der Waals surface area (Å²) in [6.07, 6.45) is 7.22. The number of hydrogen-bond acceptors (Lipinski definition) is 22. The molecule has 0 radical (unpaired) electrons. The van der Waals surface area contributed by atoms with Crippen LogP contribution in [0.25, 0.3) is 0 Å². The van der Waals surface area contributed by atoms with E-state index in [4.69, 9.17) is 18.7 Å². The van der Waals surface area contributed by atoms with Gasteiger partial charge in [0.1, 0.15) is 18.3 Å². The first-order valence-corrected chi connectivity index (χ1v) is 38.6. The van der Waals surface area contributed by atoms with Crippen molar-refractivity contribution in [2.45, 2.75) is 280 Å². The molecule has 7 amide bonds. The number of aliphatic hydroxyl groups excluding tert-OH is 10. The number of rotatable bonds is 53. The molecular formula is C68H126N7O23P. The highest BCUT2D eigenvalue weighted by atomic mass is 31.2. The molecule has 31 heteroatoms. The van der Waals surface area contributed by atoms with Crippen LogP contribution in [0.15, 0.2) is 0 Å². The molecule has 3 saturated carbocycles. The van der Waals surface area contributed by atoms with E-state index in [1.54, 1.807) is 4.90 Å². The van der Waals surface area contributed by atoms with Crippen molar-refractivity contribution < 1.29 is 113 Å². The van der Waals surface area contributed by atoms with Gasteiger partial charge in [-0.25, -0.2) is 0 Å². The largest absolute Gasteiger partial charge is 0.396 e. The number of carbonyl (C=O) groups is 7. The van der Waals surface area contributed by atoms with E-state index in [-0.39, 0.29) is 87.7 Å². The zero-order valence-corrected chi connectivity index (χ0v) is 60.3. The number of nitrogens with zero attached hydrogens (tertiary/aromatic N) is 2. The van der Waals surface area contributed by atoms with E-state index in [1.165, 1.54) is 25.7 Å². The number of hydrogen-bond donors (Lipinski definition) is 16. The van der Waals surface area contributed by atoms with Crippen LogP contribution < -0.4 is 26.6 Å². The lowest BCUT2D eigenvalue weighted by molar-refractivity contribution is -0.142. The maximum atomic E-state index is 13.9. The molecule has 3 aliphatic carbocycles. The van der Waals surface area contributed by atoms with Crippen molar-refractivity contribution in [3.63, 3.8) is 0 Å². The quantitative estimate of drug-likeness (QED) is 0.0294. The summed E-state index contributed by atoms with van der Waals surface area (Å²) in [6, 6.07) is -2.39. The topological polar surface area (TPSA) is 463 Å². The van der Waals surface area contributed by atoms with E-state index < -0.39 is 117 Å². The van der Waals surface area contributed by atoms with Crippen LogP contribution in [0.1, 0.15) is 201 Å². The van der Waals surface area contributed by atoms with Crippen LogP contribution in [0.2, 0.25) is 0 Å². The Morgan fingerprint density at radius 2 is 0.737 bits per heavy atom. The molecule has 17 atom stereocenters.